The fourth-order valence-electron chi connectivity index (χ4n) is 3.47. The zero-order valence-electron chi connectivity index (χ0n) is 17.5. The van der Waals surface area contributed by atoms with E-state index in [-0.39, 0.29) is 6.42 Å². The van der Waals surface area contributed by atoms with Crippen molar-refractivity contribution in [1.29, 1.82) is 0 Å². The molecule has 0 fully saturated rings. The van der Waals surface area contributed by atoms with Crippen LogP contribution in [0.4, 0.5) is 5.69 Å². The predicted molar refractivity (Wildman–Crippen MR) is 134 cm³/mol. The monoisotopic (exact) mass is 587 g/mol. The number of aromatic nitrogens is 1. The van der Waals surface area contributed by atoms with Gasteiger partial charge in [-0.3, -0.25) is 10.1 Å². The van der Waals surface area contributed by atoms with E-state index >= 15 is 0 Å². The molecule has 3 aromatic rings. The third-order valence-corrected chi connectivity index (χ3v) is 6.14. The molecular weight excluding hydrogens is 570 g/mol. The first-order valence-corrected chi connectivity index (χ1v) is 11.7. The van der Waals surface area contributed by atoms with Crippen molar-refractivity contribution in [3.05, 3.63) is 86.9 Å². The van der Waals surface area contributed by atoms with E-state index in [2.05, 4.69) is 47.5 Å². The molecule has 0 saturated heterocycles. The van der Waals surface area contributed by atoms with Crippen LogP contribution in [0.5, 0.6) is 11.6 Å². The second-order valence-corrected chi connectivity index (χ2v) is 9.43. The number of halogens is 2. The Labute approximate surface area is 211 Å². The number of rotatable bonds is 8. The van der Waals surface area contributed by atoms with Crippen molar-refractivity contribution >= 4 is 55.6 Å². The molecule has 4 N–H and O–H groups in total. The number of carboxylic acid groups (broad SMARTS) is 2. The Morgan fingerprint density at radius 3 is 2.44 bits per heavy atom. The lowest BCUT2D eigenvalue weighted by atomic mass is 9.97. The van der Waals surface area contributed by atoms with Gasteiger partial charge in [0, 0.05) is 26.9 Å². The number of carbonyl (C=O) groups is 2. The highest BCUT2D eigenvalue weighted by atomic mass is 79.9. The van der Waals surface area contributed by atoms with Crippen molar-refractivity contribution in [1.82, 2.24) is 10.3 Å². The minimum absolute atomic E-state index is 0.0594. The standard InChI is InChI=1S/C24H19Br2N3O5/c25-16-3-7-19-15(12-16)9-10-24(28-19,23(32)33)29-20(22(30)31)11-14-1-5-18(6-2-14)34-21-8-4-17(26)13-27-21/h1-10,12-13,20,28-29H,11H2,(H,30,31)(H,32,33). The molecule has 8 nitrogen and oxygen atoms in total. The number of benzene rings is 2. The second kappa shape index (κ2) is 9.96. The molecule has 174 valence electrons. The summed E-state index contributed by atoms with van der Waals surface area (Å²) >= 11 is 6.70. The van der Waals surface area contributed by atoms with Crippen LogP contribution in [0, 0.1) is 0 Å². The number of aliphatic carboxylic acids is 2. The number of carboxylic acids is 2. The van der Waals surface area contributed by atoms with Gasteiger partial charge in [-0.15, -0.1) is 0 Å². The van der Waals surface area contributed by atoms with Gasteiger partial charge < -0.3 is 20.3 Å². The van der Waals surface area contributed by atoms with Crippen molar-refractivity contribution in [2.24, 2.45) is 0 Å². The summed E-state index contributed by atoms with van der Waals surface area (Å²) in [5, 5.41) is 25.5. The van der Waals surface area contributed by atoms with Crippen LogP contribution in [0.3, 0.4) is 0 Å². The largest absolute Gasteiger partial charge is 0.480 e. The van der Waals surface area contributed by atoms with E-state index in [1.165, 1.54) is 6.08 Å². The molecule has 2 unspecified atom stereocenters. The van der Waals surface area contributed by atoms with Crippen molar-refractivity contribution in [2.45, 2.75) is 18.1 Å². The number of nitrogens with zero attached hydrogens (tertiary/aromatic N) is 1. The number of anilines is 1. The molecule has 2 atom stereocenters. The summed E-state index contributed by atoms with van der Waals surface area (Å²) < 4.78 is 7.37. The minimum Gasteiger partial charge on any atom is -0.480 e. The number of hydrogen-bond acceptors (Lipinski definition) is 6. The molecule has 2 aromatic carbocycles. The highest BCUT2D eigenvalue weighted by molar-refractivity contribution is 9.10. The minimum atomic E-state index is -1.78. The lowest BCUT2D eigenvalue weighted by Crippen LogP contribution is -2.62. The molecule has 0 spiro atoms. The first-order chi connectivity index (χ1) is 16.2. The van der Waals surface area contributed by atoms with E-state index < -0.39 is 23.6 Å². The molecular formula is C24H19Br2N3O5. The SMILES string of the molecule is O=C(O)C(Cc1ccc(Oc2ccc(Br)cn2)cc1)NC1(C(=O)O)C=Cc2cc(Br)ccc2N1. The molecule has 0 aliphatic carbocycles. The van der Waals surface area contributed by atoms with Gasteiger partial charge in [-0.1, -0.05) is 34.1 Å². The maximum atomic E-state index is 12.2. The number of pyridine rings is 1. The first-order valence-electron chi connectivity index (χ1n) is 10.1. The molecule has 0 amide bonds. The topological polar surface area (TPSA) is 121 Å². The van der Waals surface area contributed by atoms with Crippen molar-refractivity contribution in [3.8, 4) is 11.6 Å². The maximum absolute atomic E-state index is 12.2. The highest BCUT2D eigenvalue weighted by Crippen LogP contribution is 2.30. The zero-order valence-corrected chi connectivity index (χ0v) is 20.7. The van der Waals surface area contributed by atoms with E-state index in [1.807, 2.05) is 12.1 Å². The van der Waals surface area contributed by atoms with Crippen LogP contribution in [-0.4, -0.2) is 38.8 Å². The molecule has 10 heteroatoms. The molecule has 0 saturated carbocycles. The fourth-order valence-corrected chi connectivity index (χ4v) is 4.09. The summed E-state index contributed by atoms with van der Waals surface area (Å²) in [7, 11) is 0. The van der Waals surface area contributed by atoms with Gasteiger partial charge in [0.2, 0.25) is 11.5 Å². The van der Waals surface area contributed by atoms with Crippen LogP contribution in [0.15, 0.2) is 75.8 Å². The molecule has 4 rings (SSSR count). The smallest absolute Gasteiger partial charge is 0.348 e. The summed E-state index contributed by atoms with van der Waals surface area (Å²) in [5.74, 6) is -1.45. The van der Waals surface area contributed by atoms with Gasteiger partial charge >= 0.3 is 11.9 Å². The number of nitrogens with one attached hydrogen (secondary N) is 2. The predicted octanol–water partition coefficient (Wildman–Crippen LogP) is 4.90. The molecule has 0 bridgehead atoms. The van der Waals surface area contributed by atoms with Crippen molar-refractivity contribution < 1.29 is 24.5 Å². The summed E-state index contributed by atoms with van der Waals surface area (Å²) in [6, 6.07) is 14.6. The Bertz CT molecular complexity index is 1250. The Kier molecular flexibility index (Phi) is 7.01. The van der Waals surface area contributed by atoms with Crippen molar-refractivity contribution in [3.63, 3.8) is 0 Å². The van der Waals surface area contributed by atoms with Gasteiger partial charge in [0.15, 0.2) is 0 Å². The third-order valence-electron chi connectivity index (χ3n) is 5.18. The molecule has 34 heavy (non-hydrogen) atoms. The maximum Gasteiger partial charge on any atom is 0.348 e. The van der Waals surface area contributed by atoms with Gasteiger partial charge in [-0.2, -0.15) is 0 Å². The molecule has 0 radical (unpaired) electrons. The average Bonchev–Trinajstić information content (AvgIpc) is 2.81. The summed E-state index contributed by atoms with van der Waals surface area (Å²) in [5.41, 5.74) is 0.282. The van der Waals surface area contributed by atoms with E-state index in [4.69, 9.17) is 4.74 Å². The van der Waals surface area contributed by atoms with Crippen LogP contribution in [-0.2, 0) is 16.0 Å². The summed E-state index contributed by atoms with van der Waals surface area (Å²) in [4.78, 5) is 28.4. The van der Waals surface area contributed by atoms with Crippen LogP contribution in [0.1, 0.15) is 11.1 Å². The highest BCUT2D eigenvalue weighted by Gasteiger charge is 2.41. The number of ether oxygens (including phenoxy) is 1. The van der Waals surface area contributed by atoms with Gasteiger partial charge in [-0.25, -0.2) is 9.78 Å². The molecule has 2 heterocycles. The Morgan fingerprint density at radius 1 is 1.06 bits per heavy atom. The van der Waals surface area contributed by atoms with E-state index in [9.17, 15) is 19.8 Å². The average molecular weight is 589 g/mol. The van der Waals surface area contributed by atoms with E-state index in [0.29, 0.717) is 22.9 Å². The Morgan fingerprint density at radius 2 is 1.79 bits per heavy atom. The van der Waals surface area contributed by atoms with Crippen LogP contribution in [0.2, 0.25) is 0 Å². The van der Waals surface area contributed by atoms with Crippen molar-refractivity contribution in [2.75, 3.05) is 5.32 Å². The number of hydrogen-bond donors (Lipinski definition) is 4. The summed E-state index contributed by atoms with van der Waals surface area (Å²) in [6.45, 7) is 0. The molecule has 1 aliphatic rings. The Hall–Kier alpha value is -3.21. The number of fused-ring (bicyclic) bond motifs is 1. The second-order valence-electron chi connectivity index (χ2n) is 7.60. The van der Waals surface area contributed by atoms with Gasteiger partial charge in [0.25, 0.3) is 0 Å². The Balaban J connectivity index is 1.49. The van der Waals surface area contributed by atoms with Crippen LogP contribution in [0.25, 0.3) is 6.08 Å². The molecule has 1 aromatic heterocycles. The van der Waals surface area contributed by atoms with E-state index in [1.54, 1.807) is 54.7 Å². The lowest BCUT2D eigenvalue weighted by molar-refractivity contribution is -0.144. The quantitative estimate of drug-likeness (QED) is 0.293. The van der Waals surface area contributed by atoms with E-state index in [0.717, 1.165) is 14.5 Å². The first kappa shape index (κ1) is 23.9. The van der Waals surface area contributed by atoms with Crippen LogP contribution < -0.4 is 15.4 Å². The van der Waals surface area contributed by atoms with Gasteiger partial charge in [-0.05, 0) is 76.0 Å². The third kappa shape index (κ3) is 5.46. The zero-order chi connectivity index (χ0) is 24.3. The van der Waals surface area contributed by atoms with Crippen LogP contribution >= 0.6 is 31.9 Å². The fraction of sp³-hybridized carbons (Fsp3) is 0.125. The molecule has 1 aliphatic heterocycles. The lowest BCUT2D eigenvalue weighted by Gasteiger charge is -2.35. The van der Waals surface area contributed by atoms with Gasteiger partial charge in [0.1, 0.15) is 11.8 Å². The summed E-state index contributed by atoms with van der Waals surface area (Å²) in [6.07, 6.45) is 4.75. The van der Waals surface area contributed by atoms with Gasteiger partial charge in [0.05, 0.1) is 0 Å². The normalized spacial score (nSPS) is 17.4.